The molecule has 5 rings (SSSR count). The molecule has 2 aliphatic heterocycles. The first-order chi connectivity index (χ1) is 18.5. The van der Waals surface area contributed by atoms with Crippen LogP contribution in [-0.4, -0.2) is 64.8 Å². The van der Waals surface area contributed by atoms with Gasteiger partial charge in [-0.05, 0) is 54.8 Å². The van der Waals surface area contributed by atoms with Crippen LogP contribution in [0, 0.1) is 11.7 Å². The van der Waals surface area contributed by atoms with E-state index in [1.165, 1.54) is 5.56 Å². The Labute approximate surface area is 226 Å². The van der Waals surface area contributed by atoms with E-state index in [4.69, 9.17) is 11.6 Å². The van der Waals surface area contributed by atoms with Gasteiger partial charge >= 0.3 is 0 Å². The summed E-state index contributed by atoms with van der Waals surface area (Å²) < 4.78 is 18.5. The van der Waals surface area contributed by atoms with Gasteiger partial charge in [0.1, 0.15) is 0 Å². The molecule has 11 heteroatoms. The second-order valence-corrected chi connectivity index (χ2v) is 10.1. The number of morpholine rings is 1. The van der Waals surface area contributed by atoms with E-state index >= 15 is 0 Å². The topological polar surface area (TPSA) is 103 Å². The van der Waals surface area contributed by atoms with Gasteiger partial charge in [-0.1, -0.05) is 25.4 Å². The van der Waals surface area contributed by atoms with Gasteiger partial charge in [-0.3, -0.25) is 4.98 Å². The predicted molar refractivity (Wildman–Crippen MR) is 150 cm³/mol. The van der Waals surface area contributed by atoms with Crippen molar-refractivity contribution in [3.8, 4) is 0 Å². The summed E-state index contributed by atoms with van der Waals surface area (Å²) >= 11 is 6.49. The van der Waals surface area contributed by atoms with Gasteiger partial charge in [0.05, 0.1) is 43.1 Å². The molecule has 0 spiro atoms. The molecule has 38 heavy (non-hydrogen) atoms. The minimum absolute atomic E-state index is 0.215. The Morgan fingerprint density at radius 2 is 2.03 bits per heavy atom. The van der Waals surface area contributed by atoms with Gasteiger partial charge in [0, 0.05) is 22.7 Å². The summed E-state index contributed by atoms with van der Waals surface area (Å²) in [6.45, 7) is 8.11. The smallest absolute Gasteiger partial charge is 0.245 e. The van der Waals surface area contributed by atoms with E-state index in [2.05, 4.69) is 66.8 Å². The number of aromatic nitrogens is 3. The molecular weight excluding hydrogens is 507 g/mol. The lowest BCUT2D eigenvalue weighted by Gasteiger charge is -2.25. The third-order valence-corrected chi connectivity index (χ3v) is 7.23. The molecule has 0 amide bonds. The molecule has 3 atom stereocenters. The Bertz CT molecular complexity index is 1270. The summed E-state index contributed by atoms with van der Waals surface area (Å²) in [5.41, 5.74) is 6.42. The Balaban J connectivity index is 1.22. The van der Waals surface area contributed by atoms with E-state index in [1.54, 1.807) is 12.4 Å². The summed E-state index contributed by atoms with van der Waals surface area (Å²) in [7, 11) is 0. The molecule has 1 aromatic carbocycles. The average Bonchev–Trinajstić information content (AvgIpc) is 3.31. The molecule has 3 unspecified atom stereocenters. The number of hydrazone groups is 1. The van der Waals surface area contributed by atoms with Gasteiger partial charge in [-0.25, -0.2) is 14.8 Å². The second-order valence-electron chi connectivity index (χ2n) is 9.69. The van der Waals surface area contributed by atoms with Crippen molar-refractivity contribution < 1.29 is 9.13 Å². The normalized spacial score (nSPS) is 21.7. The number of nitrogens with one attached hydrogen (secondary N) is 3. The number of hydrogen-bond donors (Lipinski definition) is 3. The number of pyridine rings is 1. The molecule has 2 aliphatic rings. The van der Waals surface area contributed by atoms with E-state index in [9.17, 15) is 4.39 Å². The van der Waals surface area contributed by atoms with Crippen molar-refractivity contribution in [2.45, 2.75) is 32.2 Å². The standard InChI is InChI=1S/C27H32ClFN8O/c1-3-24-25(17(2)13-31-24)18-10-19(28)12-22(11-18)34-21-5-4-20(30-14-21)15-33-36-27-32-16-23(29)26(35-27)37-6-8-38-9-7-37/h4-5,10-12,14-17,24-25,31,34H,3,6-9,13H2,1-2H3,(H,32,35,36)/p+1/b33-15+. The van der Waals surface area contributed by atoms with Crippen LogP contribution in [0.25, 0.3) is 0 Å². The molecule has 2 aromatic heterocycles. The predicted octanol–water partition coefficient (Wildman–Crippen LogP) is 4.30. The number of anilines is 4. The van der Waals surface area contributed by atoms with Crippen LogP contribution >= 0.6 is 11.6 Å². The van der Waals surface area contributed by atoms with E-state index < -0.39 is 5.82 Å². The number of benzene rings is 1. The molecule has 2 saturated heterocycles. The third-order valence-electron chi connectivity index (χ3n) is 7.01. The summed E-state index contributed by atoms with van der Waals surface area (Å²) in [6, 6.07) is 10.4. The van der Waals surface area contributed by atoms with Crippen molar-refractivity contribution in [2.75, 3.05) is 48.5 Å². The van der Waals surface area contributed by atoms with E-state index in [0.717, 1.165) is 30.5 Å². The van der Waals surface area contributed by atoms with E-state index in [1.807, 2.05) is 23.1 Å². The van der Waals surface area contributed by atoms with Crippen molar-refractivity contribution in [3.05, 3.63) is 64.8 Å². The lowest BCUT2D eigenvalue weighted by Crippen LogP contribution is -2.39. The maximum atomic E-state index is 14.2. The Morgan fingerprint density at radius 3 is 2.79 bits per heavy atom. The minimum Gasteiger partial charge on any atom is -0.431 e. The highest BCUT2D eigenvalue weighted by Crippen LogP contribution is 2.37. The van der Waals surface area contributed by atoms with Crippen molar-refractivity contribution in [2.24, 2.45) is 11.0 Å². The first kappa shape index (κ1) is 26.3. The number of halogens is 2. The largest absolute Gasteiger partial charge is 0.431 e. The van der Waals surface area contributed by atoms with Crippen molar-refractivity contribution in [1.82, 2.24) is 20.3 Å². The lowest BCUT2D eigenvalue weighted by molar-refractivity contribution is -0.0440. The first-order valence-electron chi connectivity index (χ1n) is 13.0. The Kier molecular flexibility index (Phi) is 8.31. The first-order valence-corrected chi connectivity index (χ1v) is 13.3. The van der Waals surface area contributed by atoms with Crippen LogP contribution in [0.4, 0.5) is 27.5 Å². The molecule has 4 N–H and O–H groups in total. The fourth-order valence-electron chi connectivity index (χ4n) is 5.15. The SMILES string of the molecule is CCC1NCC(C)C1c1cc(Cl)cc(Nc2ccc(/C=N/Nc3ncc(F)c(N4CC[OH+]CC4)n3)nc2)c1. The van der Waals surface area contributed by atoms with Crippen LogP contribution in [0.5, 0.6) is 0 Å². The summed E-state index contributed by atoms with van der Waals surface area (Å²) in [5, 5.41) is 11.9. The minimum atomic E-state index is -0.461. The zero-order chi connectivity index (χ0) is 26.5. The molecule has 9 nitrogen and oxygen atoms in total. The van der Waals surface area contributed by atoms with Crippen LogP contribution in [-0.2, 0) is 0 Å². The zero-order valence-electron chi connectivity index (χ0n) is 21.5. The van der Waals surface area contributed by atoms with Crippen molar-refractivity contribution >= 4 is 41.0 Å². The van der Waals surface area contributed by atoms with Gasteiger partial charge in [0.25, 0.3) is 0 Å². The maximum Gasteiger partial charge on any atom is 0.245 e. The highest BCUT2D eigenvalue weighted by atomic mass is 35.5. The maximum absolute atomic E-state index is 14.2. The number of rotatable bonds is 8. The lowest BCUT2D eigenvalue weighted by atomic mass is 9.84. The van der Waals surface area contributed by atoms with Gasteiger partial charge < -0.3 is 20.3 Å². The average molecular weight is 540 g/mol. The molecule has 2 fully saturated rings. The van der Waals surface area contributed by atoms with Crippen LogP contribution in [0.3, 0.4) is 0 Å². The van der Waals surface area contributed by atoms with Crippen LogP contribution in [0.1, 0.15) is 37.4 Å². The van der Waals surface area contributed by atoms with Gasteiger partial charge in [-0.2, -0.15) is 10.1 Å². The van der Waals surface area contributed by atoms with Crippen LogP contribution in [0.2, 0.25) is 5.02 Å². The molecule has 3 aromatic rings. The van der Waals surface area contributed by atoms with E-state index in [-0.39, 0.29) is 11.8 Å². The molecule has 200 valence electrons. The van der Waals surface area contributed by atoms with Crippen molar-refractivity contribution in [1.29, 1.82) is 0 Å². The van der Waals surface area contributed by atoms with Crippen molar-refractivity contribution in [3.63, 3.8) is 0 Å². The van der Waals surface area contributed by atoms with Gasteiger partial charge in [0.2, 0.25) is 5.95 Å². The van der Waals surface area contributed by atoms with Gasteiger partial charge in [-0.15, -0.1) is 0 Å². The Morgan fingerprint density at radius 1 is 1.18 bits per heavy atom. The summed E-state index contributed by atoms with van der Waals surface area (Å²) in [4.78, 5) is 14.6. The number of hydrogen-bond acceptors (Lipinski definition) is 8. The zero-order valence-corrected chi connectivity index (χ0v) is 22.3. The number of ether oxygens (including phenoxy) is 1. The van der Waals surface area contributed by atoms with E-state index in [0.29, 0.717) is 54.9 Å². The number of nitrogens with zero attached hydrogens (tertiary/aromatic N) is 5. The molecule has 0 radical (unpaired) electrons. The monoisotopic (exact) mass is 539 g/mol. The molecule has 0 saturated carbocycles. The fourth-order valence-corrected chi connectivity index (χ4v) is 5.40. The highest BCUT2D eigenvalue weighted by molar-refractivity contribution is 6.31. The Hall–Kier alpha value is -3.34. The highest BCUT2D eigenvalue weighted by Gasteiger charge is 2.33. The quantitative estimate of drug-likeness (QED) is 0.223. The van der Waals surface area contributed by atoms with Gasteiger partial charge in [0.15, 0.2) is 24.8 Å². The number of aliphatic hydroxyl groups is 2. The molecule has 4 heterocycles. The summed E-state index contributed by atoms with van der Waals surface area (Å²) in [6.07, 6.45) is 5.53. The molecular formula is C27H33ClFN8O+. The fraction of sp³-hybridized carbons (Fsp3) is 0.407. The van der Waals surface area contributed by atoms with Crippen LogP contribution in [0.15, 0.2) is 47.8 Å². The molecule has 0 aliphatic carbocycles. The molecule has 0 bridgehead atoms. The third kappa shape index (κ3) is 6.20. The van der Waals surface area contributed by atoms with Crippen LogP contribution < -0.4 is 21.0 Å². The second kappa shape index (κ2) is 12.0. The summed E-state index contributed by atoms with van der Waals surface area (Å²) in [5.74, 6) is 0.992.